The summed E-state index contributed by atoms with van der Waals surface area (Å²) in [6, 6.07) is 5.19. The average Bonchev–Trinajstić information content (AvgIpc) is 2.28. The lowest BCUT2D eigenvalue weighted by Crippen LogP contribution is -2.01. The number of methoxy groups -OCH3 is 1. The zero-order valence-electron chi connectivity index (χ0n) is 9.95. The van der Waals surface area contributed by atoms with Gasteiger partial charge in [-0.25, -0.2) is 0 Å². The minimum Gasteiger partial charge on any atom is -0.497 e. The van der Waals surface area contributed by atoms with Crippen LogP contribution in [0.5, 0.6) is 5.75 Å². The summed E-state index contributed by atoms with van der Waals surface area (Å²) in [5.41, 5.74) is 6.96. The first-order valence-corrected chi connectivity index (χ1v) is 5.24. The lowest BCUT2D eigenvalue weighted by Gasteiger charge is -2.01. The Kier molecular flexibility index (Phi) is 4.89. The van der Waals surface area contributed by atoms with Crippen molar-refractivity contribution in [3.05, 3.63) is 23.8 Å². The van der Waals surface area contributed by atoms with E-state index in [2.05, 4.69) is 11.8 Å². The third-order valence-corrected chi connectivity index (χ3v) is 1.94. The Morgan fingerprint density at radius 2 is 2.18 bits per heavy atom. The van der Waals surface area contributed by atoms with E-state index in [4.69, 9.17) is 15.2 Å². The molecule has 0 aliphatic heterocycles. The molecule has 0 spiro atoms. The molecule has 1 aromatic carbocycles. The van der Waals surface area contributed by atoms with Crippen LogP contribution in [0.25, 0.3) is 0 Å². The third kappa shape index (κ3) is 4.47. The van der Waals surface area contributed by atoms with Crippen LogP contribution in [0.1, 0.15) is 18.9 Å². The number of anilines is 1. The first-order valence-electron chi connectivity index (χ1n) is 5.24. The molecule has 4 heteroatoms. The van der Waals surface area contributed by atoms with Gasteiger partial charge in [0.1, 0.15) is 12.2 Å². The van der Waals surface area contributed by atoms with E-state index in [9.17, 15) is 4.79 Å². The molecular weight excluding hydrogens is 218 g/mol. The quantitative estimate of drug-likeness (QED) is 0.489. The zero-order valence-corrected chi connectivity index (χ0v) is 9.95. The number of esters is 1. The van der Waals surface area contributed by atoms with Crippen LogP contribution in [0.2, 0.25) is 0 Å². The van der Waals surface area contributed by atoms with Crippen molar-refractivity contribution in [2.75, 3.05) is 19.5 Å². The minimum absolute atomic E-state index is 0.0744. The predicted molar refractivity (Wildman–Crippen MR) is 65.5 cm³/mol. The van der Waals surface area contributed by atoms with Gasteiger partial charge in [-0.2, -0.15) is 0 Å². The van der Waals surface area contributed by atoms with Crippen molar-refractivity contribution < 1.29 is 14.3 Å². The van der Waals surface area contributed by atoms with Crippen LogP contribution in [0.3, 0.4) is 0 Å². The number of ether oxygens (including phenoxy) is 2. The smallest absolute Gasteiger partial charge is 0.317 e. The molecule has 1 rings (SSSR count). The Balaban J connectivity index is 2.71. The second-order valence-corrected chi connectivity index (χ2v) is 3.28. The summed E-state index contributed by atoms with van der Waals surface area (Å²) in [7, 11) is 1.56. The molecular formula is C13H15NO3. The van der Waals surface area contributed by atoms with Gasteiger partial charge in [0.15, 0.2) is 0 Å². The number of hydrogen-bond donors (Lipinski definition) is 1. The Morgan fingerprint density at radius 1 is 1.41 bits per heavy atom. The van der Waals surface area contributed by atoms with Gasteiger partial charge in [0.25, 0.3) is 0 Å². The highest BCUT2D eigenvalue weighted by Crippen LogP contribution is 2.17. The summed E-state index contributed by atoms with van der Waals surface area (Å²) in [6.45, 7) is 2.13. The third-order valence-electron chi connectivity index (χ3n) is 1.94. The average molecular weight is 233 g/mol. The largest absolute Gasteiger partial charge is 0.497 e. The molecule has 90 valence electrons. The Hall–Kier alpha value is -2.15. The van der Waals surface area contributed by atoms with Crippen molar-refractivity contribution in [2.45, 2.75) is 13.3 Å². The van der Waals surface area contributed by atoms with Crippen molar-refractivity contribution >= 4 is 11.7 Å². The highest BCUT2D eigenvalue weighted by Gasteiger charge is 1.98. The van der Waals surface area contributed by atoms with Crippen LogP contribution in [0.15, 0.2) is 18.2 Å². The number of nitrogen functional groups attached to an aromatic ring is 1. The first-order chi connectivity index (χ1) is 8.15. The lowest BCUT2D eigenvalue weighted by atomic mass is 10.2. The van der Waals surface area contributed by atoms with E-state index >= 15 is 0 Å². The van der Waals surface area contributed by atoms with E-state index in [0.717, 1.165) is 0 Å². The normalized spacial score (nSPS) is 9.06. The van der Waals surface area contributed by atoms with Crippen LogP contribution in [0, 0.1) is 11.8 Å². The van der Waals surface area contributed by atoms with Crippen LogP contribution < -0.4 is 10.5 Å². The van der Waals surface area contributed by atoms with Gasteiger partial charge in [-0.1, -0.05) is 11.8 Å². The van der Waals surface area contributed by atoms with Crippen LogP contribution in [-0.2, 0) is 9.53 Å². The topological polar surface area (TPSA) is 61.5 Å². The van der Waals surface area contributed by atoms with Gasteiger partial charge in [0, 0.05) is 17.3 Å². The fraction of sp³-hybridized carbons (Fsp3) is 0.308. The molecule has 0 amide bonds. The van der Waals surface area contributed by atoms with Crippen molar-refractivity contribution in [1.82, 2.24) is 0 Å². The van der Waals surface area contributed by atoms with E-state index in [1.807, 2.05) is 0 Å². The molecule has 0 saturated heterocycles. The molecule has 0 aliphatic rings. The monoisotopic (exact) mass is 233 g/mol. The number of rotatable bonds is 3. The standard InChI is InChI=1S/C13H15NO3/c1-3-17-13(15)6-4-5-10-7-11(14)9-12(8-10)16-2/h7-9H,3,6,14H2,1-2H3. The van der Waals surface area contributed by atoms with Crippen molar-refractivity contribution in [2.24, 2.45) is 0 Å². The number of nitrogens with two attached hydrogens (primary N) is 1. The number of hydrogen-bond acceptors (Lipinski definition) is 4. The van der Waals surface area contributed by atoms with E-state index in [0.29, 0.717) is 23.6 Å². The molecule has 2 N–H and O–H groups in total. The van der Waals surface area contributed by atoms with Gasteiger partial charge in [-0.15, -0.1) is 0 Å². The molecule has 0 heterocycles. The van der Waals surface area contributed by atoms with Gasteiger partial charge in [0.2, 0.25) is 0 Å². The summed E-state index contributed by atoms with van der Waals surface area (Å²) < 4.78 is 9.82. The second-order valence-electron chi connectivity index (χ2n) is 3.28. The highest BCUT2D eigenvalue weighted by atomic mass is 16.5. The minimum atomic E-state index is -0.323. The summed E-state index contributed by atoms with van der Waals surface area (Å²) in [5, 5.41) is 0. The van der Waals surface area contributed by atoms with Crippen molar-refractivity contribution in [1.29, 1.82) is 0 Å². The van der Waals surface area contributed by atoms with Crippen LogP contribution >= 0.6 is 0 Å². The van der Waals surface area contributed by atoms with E-state index in [-0.39, 0.29) is 12.4 Å². The molecule has 1 aromatic rings. The molecule has 4 nitrogen and oxygen atoms in total. The van der Waals surface area contributed by atoms with Crippen LogP contribution in [0.4, 0.5) is 5.69 Å². The molecule has 0 saturated carbocycles. The van der Waals surface area contributed by atoms with Gasteiger partial charge in [0.05, 0.1) is 13.7 Å². The summed E-state index contributed by atoms with van der Waals surface area (Å²) in [5.74, 6) is 5.89. The number of carbonyl (C=O) groups excluding carboxylic acids is 1. The fourth-order valence-corrected chi connectivity index (χ4v) is 1.24. The SMILES string of the molecule is CCOC(=O)CC#Cc1cc(N)cc(OC)c1. The summed E-state index contributed by atoms with van der Waals surface area (Å²) >= 11 is 0. The van der Waals surface area contributed by atoms with Crippen LogP contribution in [-0.4, -0.2) is 19.7 Å². The molecule has 0 fully saturated rings. The molecule has 0 atom stereocenters. The summed E-state index contributed by atoms with van der Waals surface area (Å²) in [6.07, 6.45) is 0.0744. The predicted octanol–water partition coefficient (Wildman–Crippen LogP) is 1.58. The summed E-state index contributed by atoms with van der Waals surface area (Å²) in [4.78, 5) is 11.0. The van der Waals surface area contributed by atoms with E-state index in [1.54, 1.807) is 32.2 Å². The van der Waals surface area contributed by atoms with E-state index < -0.39 is 0 Å². The zero-order chi connectivity index (χ0) is 12.7. The Bertz CT molecular complexity index is 457. The molecule has 17 heavy (non-hydrogen) atoms. The first kappa shape index (κ1) is 12.9. The van der Waals surface area contributed by atoms with Crippen molar-refractivity contribution in [3.63, 3.8) is 0 Å². The maximum absolute atomic E-state index is 11.0. The van der Waals surface area contributed by atoms with Gasteiger partial charge in [-0.05, 0) is 19.1 Å². The molecule has 0 aliphatic carbocycles. The Morgan fingerprint density at radius 3 is 2.82 bits per heavy atom. The maximum atomic E-state index is 11.0. The molecule has 0 unspecified atom stereocenters. The lowest BCUT2D eigenvalue weighted by molar-refractivity contribution is -0.141. The maximum Gasteiger partial charge on any atom is 0.317 e. The highest BCUT2D eigenvalue weighted by molar-refractivity contribution is 5.72. The van der Waals surface area contributed by atoms with Gasteiger partial charge < -0.3 is 15.2 Å². The van der Waals surface area contributed by atoms with Gasteiger partial charge >= 0.3 is 5.97 Å². The molecule has 0 aromatic heterocycles. The van der Waals surface area contributed by atoms with Gasteiger partial charge in [-0.3, -0.25) is 4.79 Å². The second kappa shape index (κ2) is 6.44. The van der Waals surface area contributed by atoms with Crippen molar-refractivity contribution in [3.8, 4) is 17.6 Å². The Labute approximate surface area is 101 Å². The fourth-order valence-electron chi connectivity index (χ4n) is 1.24. The number of benzene rings is 1. The van der Waals surface area contributed by atoms with E-state index in [1.165, 1.54) is 0 Å². The molecule has 0 radical (unpaired) electrons. The molecule has 0 bridgehead atoms. The number of carbonyl (C=O) groups is 1.